The van der Waals surface area contributed by atoms with E-state index in [1.54, 1.807) is 6.20 Å². The Morgan fingerprint density at radius 3 is 2.83 bits per heavy atom. The molecule has 2 rings (SSSR count). The molecule has 0 aliphatic carbocycles. The quantitative estimate of drug-likeness (QED) is 0.572. The van der Waals surface area contributed by atoms with Crippen molar-refractivity contribution in [2.24, 2.45) is 0 Å². The molecule has 0 radical (unpaired) electrons. The number of nitrogens with zero attached hydrogens (tertiary/aromatic N) is 1. The van der Waals surface area contributed by atoms with Crippen molar-refractivity contribution in [3.05, 3.63) is 47.7 Å². The number of carbonyl (C=O) groups is 1. The Bertz CT molecular complexity index is 686. The number of benzene rings is 1. The van der Waals surface area contributed by atoms with Gasteiger partial charge < -0.3 is 15.8 Å². The van der Waals surface area contributed by atoms with E-state index in [2.05, 4.69) is 17.2 Å². The number of aryl methyl sites for hydroxylation is 2. The second-order valence-corrected chi connectivity index (χ2v) is 5.84. The lowest BCUT2D eigenvalue weighted by Crippen LogP contribution is -2.13. The summed E-state index contributed by atoms with van der Waals surface area (Å²) in [6, 6.07) is 9.44. The third-order valence-electron chi connectivity index (χ3n) is 3.65. The Labute approximate surface area is 143 Å². The van der Waals surface area contributed by atoms with Crippen LogP contribution < -0.4 is 15.8 Å². The van der Waals surface area contributed by atoms with E-state index in [9.17, 15) is 4.79 Å². The van der Waals surface area contributed by atoms with E-state index >= 15 is 0 Å². The summed E-state index contributed by atoms with van der Waals surface area (Å²) in [5.74, 6) is 1.23. The van der Waals surface area contributed by atoms with Gasteiger partial charge in [-0.3, -0.25) is 4.79 Å². The molecular weight excluding hydrogens is 302 g/mol. The van der Waals surface area contributed by atoms with Crippen molar-refractivity contribution in [3.8, 4) is 5.75 Å². The zero-order chi connectivity index (χ0) is 17.4. The van der Waals surface area contributed by atoms with Gasteiger partial charge in [-0.05, 0) is 55.2 Å². The number of nitrogen functional groups attached to an aromatic ring is 1. The number of hydrogen-bond acceptors (Lipinski definition) is 4. The van der Waals surface area contributed by atoms with E-state index in [1.165, 1.54) is 0 Å². The summed E-state index contributed by atoms with van der Waals surface area (Å²) in [5, 5.41) is 2.81. The molecule has 3 N–H and O–H groups in total. The second kappa shape index (κ2) is 8.91. The van der Waals surface area contributed by atoms with Crippen LogP contribution in [0.15, 0.2) is 36.5 Å². The Hall–Kier alpha value is -2.56. The van der Waals surface area contributed by atoms with Crippen molar-refractivity contribution < 1.29 is 9.53 Å². The number of amides is 1. The molecule has 2 aromatic rings. The van der Waals surface area contributed by atoms with Gasteiger partial charge in [0.1, 0.15) is 11.6 Å². The molecule has 0 atom stereocenters. The maximum atomic E-state index is 12.0. The van der Waals surface area contributed by atoms with Gasteiger partial charge in [-0.25, -0.2) is 4.98 Å². The van der Waals surface area contributed by atoms with Gasteiger partial charge in [0, 0.05) is 12.6 Å². The first-order chi connectivity index (χ1) is 11.6. The molecule has 128 valence electrons. The van der Waals surface area contributed by atoms with Gasteiger partial charge in [0.2, 0.25) is 5.91 Å². The lowest BCUT2D eigenvalue weighted by molar-refractivity contribution is -0.116. The third kappa shape index (κ3) is 5.57. The molecule has 0 spiro atoms. The van der Waals surface area contributed by atoms with Crippen molar-refractivity contribution in [3.63, 3.8) is 0 Å². The highest BCUT2D eigenvalue weighted by Gasteiger charge is 2.06. The Morgan fingerprint density at radius 2 is 2.12 bits per heavy atom. The van der Waals surface area contributed by atoms with E-state index in [4.69, 9.17) is 10.5 Å². The average Bonchev–Trinajstić information content (AvgIpc) is 2.55. The topological polar surface area (TPSA) is 77.2 Å². The first-order valence-electron chi connectivity index (χ1n) is 8.32. The van der Waals surface area contributed by atoms with Crippen LogP contribution in [-0.4, -0.2) is 17.5 Å². The van der Waals surface area contributed by atoms with E-state index in [0.717, 1.165) is 24.0 Å². The minimum absolute atomic E-state index is 0.0602. The Balaban J connectivity index is 1.85. The summed E-state index contributed by atoms with van der Waals surface area (Å²) in [6.07, 6.45) is 4.78. The number of aromatic nitrogens is 1. The van der Waals surface area contributed by atoms with Gasteiger partial charge in [-0.15, -0.1) is 0 Å². The number of unbranched alkanes of at least 4 members (excludes halogenated alkanes) is 1. The van der Waals surface area contributed by atoms with Crippen LogP contribution in [0.2, 0.25) is 0 Å². The fourth-order valence-electron chi connectivity index (χ4n) is 2.28. The van der Waals surface area contributed by atoms with Gasteiger partial charge in [0.25, 0.3) is 0 Å². The number of nitrogens with one attached hydrogen (secondary N) is 1. The van der Waals surface area contributed by atoms with Crippen molar-refractivity contribution in [1.82, 2.24) is 4.98 Å². The molecule has 5 heteroatoms. The standard InChI is InChI=1S/C19H25N3O2/c1-3-4-11-24-17-7-5-15(13-16(17)20)6-8-19(23)22-18-12-14(2)9-10-21-18/h5,7,9-10,12-13H,3-4,6,8,11,20H2,1-2H3,(H,21,22,23). The number of ether oxygens (including phenoxy) is 1. The van der Waals surface area contributed by atoms with Crippen LogP contribution in [-0.2, 0) is 11.2 Å². The summed E-state index contributed by atoms with van der Waals surface area (Å²) >= 11 is 0. The molecule has 0 aliphatic heterocycles. The van der Waals surface area contributed by atoms with Crippen molar-refractivity contribution in [1.29, 1.82) is 0 Å². The maximum Gasteiger partial charge on any atom is 0.225 e. The molecule has 0 unspecified atom stereocenters. The van der Waals surface area contributed by atoms with Gasteiger partial charge in [-0.1, -0.05) is 19.4 Å². The number of anilines is 2. The minimum Gasteiger partial charge on any atom is -0.491 e. The highest BCUT2D eigenvalue weighted by atomic mass is 16.5. The molecule has 0 saturated carbocycles. The van der Waals surface area contributed by atoms with Crippen molar-refractivity contribution in [2.75, 3.05) is 17.7 Å². The summed E-state index contributed by atoms with van der Waals surface area (Å²) in [5.41, 5.74) is 8.71. The molecule has 1 amide bonds. The monoisotopic (exact) mass is 327 g/mol. The smallest absolute Gasteiger partial charge is 0.225 e. The number of pyridine rings is 1. The fourth-order valence-corrected chi connectivity index (χ4v) is 2.28. The van der Waals surface area contributed by atoms with Gasteiger partial charge >= 0.3 is 0 Å². The molecule has 1 aromatic carbocycles. The zero-order valence-electron chi connectivity index (χ0n) is 14.3. The normalized spacial score (nSPS) is 10.4. The predicted octanol–water partition coefficient (Wildman–Crippen LogP) is 3.72. The minimum atomic E-state index is -0.0602. The Kier molecular flexibility index (Phi) is 6.61. The van der Waals surface area contributed by atoms with E-state index < -0.39 is 0 Å². The van der Waals surface area contributed by atoms with Gasteiger partial charge in [-0.2, -0.15) is 0 Å². The number of hydrogen-bond donors (Lipinski definition) is 2. The third-order valence-corrected chi connectivity index (χ3v) is 3.65. The Morgan fingerprint density at radius 1 is 1.29 bits per heavy atom. The largest absolute Gasteiger partial charge is 0.491 e. The first-order valence-corrected chi connectivity index (χ1v) is 8.32. The highest BCUT2D eigenvalue weighted by Crippen LogP contribution is 2.23. The lowest BCUT2D eigenvalue weighted by Gasteiger charge is -2.10. The molecule has 0 bridgehead atoms. The van der Waals surface area contributed by atoms with Crippen molar-refractivity contribution >= 4 is 17.4 Å². The fraction of sp³-hybridized carbons (Fsp3) is 0.368. The van der Waals surface area contributed by atoms with Crippen LogP contribution >= 0.6 is 0 Å². The van der Waals surface area contributed by atoms with E-state index in [-0.39, 0.29) is 5.91 Å². The highest BCUT2D eigenvalue weighted by molar-refractivity contribution is 5.89. The van der Waals surface area contributed by atoms with Crippen LogP contribution in [0, 0.1) is 6.92 Å². The molecule has 0 aliphatic rings. The summed E-state index contributed by atoms with van der Waals surface area (Å²) in [4.78, 5) is 16.1. The second-order valence-electron chi connectivity index (χ2n) is 5.84. The molecular formula is C19H25N3O2. The zero-order valence-corrected chi connectivity index (χ0v) is 14.3. The maximum absolute atomic E-state index is 12.0. The number of carbonyl (C=O) groups excluding carboxylic acids is 1. The van der Waals surface area contributed by atoms with Crippen LogP contribution in [0.5, 0.6) is 5.75 Å². The lowest BCUT2D eigenvalue weighted by atomic mass is 10.1. The van der Waals surface area contributed by atoms with Gasteiger partial charge in [0.05, 0.1) is 12.3 Å². The number of rotatable bonds is 8. The molecule has 5 nitrogen and oxygen atoms in total. The van der Waals surface area contributed by atoms with E-state index in [0.29, 0.717) is 36.7 Å². The molecule has 1 aromatic heterocycles. The summed E-state index contributed by atoms with van der Waals surface area (Å²) in [7, 11) is 0. The average molecular weight is 327 g/mol. The number of nitrogens with two attached hydrogens (primary N) is 1. The summed E-state index contributed by atoms with van der Waals surface area (Å²) < 4.78 is 5.64. The van der Waals surface area contributed by atoms with Crippen LogP contribution in [0.3, 0.4) is 0 Å². The van der Waals surface area contributed by atoms with Crippen LogP contribution in [0.4, 0.5) is 11.5 Å². The molecule has 0 saturated heterocycles. The van der Waals surface area contributed by atoms with Crippen LogP contribution in [0.1, 0.15) is 37.3 Å². The van der Waals surface area contributed by atoms with Crippen LogP contribution in [0.25, 0.3) is 0 Å². The van der Waals surface area contributed by atoms with Crippen molar-refractivity contribution in [2.45, 2.75) is 39.5 Å². The van der Waals surface area contributed by atoms with E-state index in [1.807, 2.05) is 37.3 Å². The molecule has 24 heavy (non-hydrogen) atoms. The molecule has 0 fully saturated rings. The first kappa shape index (κ1) is 17.8. The SMILES string of the molecule is CCCCOc1ccc(CCC(=O)Nc2cc(C)ccn2)cc1N. The summed E-state index contributed by atoms with van der Waals surface area (Å²) in [6.45, 7) is 4.75. The van der Waals surface area contributed by atoms with Gasteiger partial charge in [0.15, 0.2) is 0 Å². The molecule has 1 heterocycles. The predicted molar refractivity (Wildman–Crippen MR) is 97.2 cm³/mol.